The molecule has 2 aromatic rings. The summed E-state index contributed by atoms with van der Waals surface area (Å²) in [6, 6.07) is 9.41. The molecule has 3 aliphatic heterocycles. The van der Waals surface area contributed by atoms with E-state index >= 15 is 0 Å². The zero-order valence-corrected chi connectivity index (χ0v) is 21.6. The summed E-state index contributed by atoms with van der Waals surface area (Å²) in [6.45, 7) is 9.11. The SMILES string of the molecule is CCc1cc(N2CCN3CCC[C@H]3C2)ccc1Nc1ncc(C#N)c(NCCCN2CCCOC2=O)n1. The molecule has 0 radical (unpaired) electrons. The van der Waals surface area contributed by atoms with E-state index in [9.17, 15) is 10.1 Å². The first-order valence-corrected chi connectivity index (χ1v) is 13.5. The van der Waals surface area contributed by atoms with Gasteiger partial charge in [0.05, 0.1) is 12.8 Å². The molecule has 10 heteroatoms. The number of cyclic esters (lactones) is 1. The number of hydrogen-bond donors (Lipinski definition) is 2. The van der Waals surface area contributed by atoms with Crippen LogP contribution in [0.2, 0.25) is 0 Å². The molecule has 1 atom stereocenters. The molecular weight excluding hydrogens is 468 g/mol. The average Bonchev–Trinajstić information content (AvgIpc) is 3.40. The fraction of sp³-hybridized carbons (Fsp3) is 0.556. The van der Waals surface area contributed by atoms with E-state index in [0.29, 0.717) is 43.1 Å². The van der Waals surface area contributed by atoms with Crippen molar-refractivity contribution >= 4 is 29.2 Å². The predicted octanol–water partition coefficient (Wildman–Crippen LogP) is 3.58. The van der Waals surface area contributed by atoms with E-state index in [4.69, 9.17) is 4.74 Å². The number of rotatable bonds is 9. The van der Waals surface area contributed by atoms with Crippen molar-refractivity contribution in [2.24, 2.45) is 0 Å². The third-order valence-electron chi connectivity index (χ3n) is 7.53. The number of carbonyl (C=O) groups excluding carboxylic acids is 1. The third kappa shape index (κ3) is 5.88. The molecule has 5 rings (SSSR count). The van der Waals surface area contributed by atoms with Crippen LogP contribution in [0, 0.1) is 11.3 Å². The molecule has 3 saturated heterocycles. The van der Waals surface area contributed by atoms with Crippen LogP contribution in [0.3, 0.4) is 0 Å². The number of aromatic nitrogens is 2. The van der Waals surface area contributed by atoms with Gasteiger partial charge in [0.15, 0.2) is 0 Å². The highest BCUT2D eigenvalue weighted by Crippen LogP contribution is 2.30. The Morgan fingerprint density at radius 1 is 1.22 bits per heavy atom. The number of benzene rings is 1. The highest BCUT2D eigenvalue weighted by atomic mass is 16.6. The van der Waals surface area contributed by atoms with Crippen LogP contribution in [0.4, 0.5) is 27.9 Å². The number of piperazine rings is 1. The molecule has 0 saturated carbocycles. The molecule has 196 valence electrons. The van der Waals surface area contributed by atoms with Crippen LogP contribution in [0.1, 0.15) is 43.7 Å². The van der Waals surface area contributed by atoms with E-state index < -0.39 is 0 Å². The molecule has 1 amide bonds. The van der Waals surface area contributed by atoms with Crippen molar-refractivity contribution in [3.63, 3.8) is 0 Å². The number of nitrogens with one attached hydrogen (secondary N) is 2. The highest BCUT2D eigenvalue weighted by Gasteiger charge is 2.30. The van der Waals surface area contributed by atoms with Crippen LogP contribution < -0.4 is 15.5 Å². The summed E-state index contributed by atoms with van der Waals surface area (Å²) >= 11 is 0. The maximum atomic E-state index is 11.8. The lowest BCUT2D eigenvalue weighted by Crippen LogP contribution is -2.50. The molecule has 0 aliphatic carbocycles. The molecular formula is C27H36N8O2. The number of nitrogens with zero attached hydrogens (tertiary/aromatic N) is 6. The predicted molar refractivity (Wildman–Crippen MR) is 143 cm³/mol. The Morgan fingerprint density at radius 2 is 2.14 bits per heavy atom. The van der Waals surface area contributed by atoms with Crippen molar-refractivity contribution in [1.29, 1.82) is 5.26 Å². The van der Waals surface area contributed by atoms with Gasteiger partial charge in [0.2, 0.25) is 5.95 Å². The number of fused-ring (bicyclic) bond motifs is 1. The molecule has 2 N–H and O–H groups in total. The van der Waals surface area contributed by atoms with E-state index in [0.717, 1.165) is 51.1 Å². The molecule has 3 aliphatic rings. The van der Waals surface area contributed by atoms with Gasteiger partial charge in [-0.15, -0.1) is 0 Å². The van der Waals surface area contributed by atoms with Crippen molar-refractivity contribution < 1.29 is 9.53 Å². The monoisotopic (exact) mass is 504 g/mol. The number of ether oxygens (including phenoxy) is 1. The second kappa shape index (κ2) is 11.6. The van der Waals surface area contributed by atoms with Crippen molar-refractivity contribution in [2.75, 3.05) is 68.0 Å². The molecule has 1 aromatic heterocycles. The molecule has 0 spiro atoms. The van der Waals surface area contributed by atoms with Gasteiger partial charge in [0, 0.05) is 56.7 Å². The normalized spacial score (nSPS) is 19.8. The Hall–Kier alpha value is -3.58. The van der Waals surface area contributed by atoms with Crippen LogP contribution >= 0.6 is 0 Å². The lowest BCUT2D eigenvalue weighted by Gasteiger charge is -2.39. The molecule has 3 fully saturated rings. The Kier molecular flexibility index (Phi) is 7.90. The molecule has 37 heavy (non-hydrogen) atoms. The Bertz CT molecular complexity index is 1150. The van der Waals surface area contributed by atoms with Crippen molar-refractivity contribution in [3.8, 4) is 6.07 Å². The molecule has 0 unspecified atom stereocenters. The van der Waals surface area contributed by atoms with E-state index in [2.05, 4.69) is 61.6 Å². The highest BCUT2D eigenvalue weighted by molar-refractivity contribution is 5.68. The van der Waals surface area contributed by atoms with Gasteiger partial charge in [0.25, 0.3) is 0 Å². The summed E-state index contributed by atoms with van der Waals surface area (Å²) in [6.07, 6.45) is 6.38. The van der Waals surface area contributed by atoms with Gasteiger partial charge < -0.3 is 25.2 Å². The number of aryl methyl sites for hydroxylation is 1. The maximum absolute atomic E-state index is 11.8. The zero-order chi connectivity index (χ0) is 25.6. The fourth-order valence-electron chi connectivity index (χ4n) is 5.47. The van der Waals surface area contributed by atoms with Crippen molar-refractivity contribution in [1.82, 2.24) is 19.8 Å². The first-order valence-electron chi connectivity index (χ1n) is 13.5. The molecule has 10 nitrogen and oxygen atoms in total. The molecule has 0 bridgehead atoms. The van der Waals surface area contributed by atoms with Gasteiger partial charge >= 0.3 is 6.09 Å². The van der Waals surface area contributed by atoms with Gasteiger partial charge in [-0.2, -0.15) is 10.2 Å². The van der Waals surface area contributed by atoms with Gasteiger partial charge in [0.1, 0.15) is 17.5 Å². The van der Waals surface area contributed by atoms with E-state index in [1.807, 2.05) is 0 Å². The minimum atomic E-state index is -0.254. The van der Waals surface area contributed by atoms with Crippen LogP contribution in [-0.4, -0.2) is 84.3 Å². The summed E-state index contributed by atoms with van der Waals surface area (Å²) < 4.78 is 5.08. The lowest BCUT2D eigenvalue weighted by atomic mass is 10.1. The van der Waals surface area contributed by atoms with Crippen LogP contribution in [-0.2, 0) is 11.2 Å². The van der Waals surface area contributed by atoms with Gasteiger partial charge in [-0.05, 0) is 62.4 Å². The number of hydrogen-bond acceptors (Lipinski definition) is 9. The Labute approximate surface area is 218 Å². The zero-order valence-electron chi connectivity index (χ0n) is 21.6. The Balaban J connectivity index is 1.22. The van der Waals surface area contributed by atoms with Gasteiger partial charge in [-0.25, -0.2) is 9.78 Å². The average molecular weight is 505 g/mol. The number of anilines is 4. The number of amides is 1. The minimum absolute atomic E-state index is 0.254. The fourth-order valence-corrected chi connectivity index (χ4v) is 5.47. The number of carbonyl (C=O) groups is 1. The lowest BCUT2D eigenvalue weighted by molar-refractivity contribution is 0.0729. The van der Waals surface area contributed by atoms with Crippen molar-refractivity contribution in [3.05, 3.63) is 35.5 Å². The first kappa shape index (κ1) is 25.1. The standard InChI is InChI=1S/C27H36N8O2/c1-2-20-16-22(35-14-13-33-10-3-6-23(33)19-35)7-8-24(20)31-26-30-18-21(17-28)25(32-26)29-9-4-11-34-12-5-15-37-27(34)36/h7-8,16,18,23H,2-6,9-15,19H2,1H3,(H2,29,30,31,32)/t23-/m0/s1. The van der Waals surface area contributed by atoms with Crippen LogP contribution in [0.25, 0.3) is 0 Å². The quantitative estimate of drug-likeness (QED) is 0.495. The molecule has 4 heterocycles. The van der Waals surface area contributed by atoms with E-state index in [1.165, 1.54) is 30.6 Å². The number of nitriles is 1. The van der Waals surface area contributed by atoms with Gasteiger partial charge in [-0.3, -0.25) is 4.90 Å². The maximum Gasteiger partial charge on any atom is 0.409 e. The summed E-state index contributed by atoms with van der Waals surface area (Å²) in [7, 11) is 0. The smallest absolute Gasteiger partial charge is 0.409 e. The van der Waals surface area contributed by atoms with Gasteiger partial charge in [-0.1, -0.05) is 6.92 Å². The topological polar surface area (TPSA) is 110 Å². The second-order valence-electron chi connectivity index (χ2n) is 9.90. The summed E-state index contributed by atoms with van der Waals surface area (Å²) in [5.74, 6) is 0.938. The summed E-state index contributed by atoms with van der Waals surface area (Å²) in [5.41, 5.74) is 3.85. The van der Waals surface area contributed by atoms with Crippen molar-refractivity contribution in [2.45, 2.75) is 45.1 Å². The Morgan fingerprint density at radius 3 is 2.97 bits per heavy atom. The van der Waals surface area contributed by atoms with E-state index in [-0.39, 0.29) is 6.09 Å². The van der Waals surface area contributed by atoms with Crippen LogP contribution in [0.5, 0.6) is 0 Å². The summed E-state index contributed by atoms with van der Waals surface area (Å²) in [5, 5.41) is 16.1. The van der Waals surface area contributed by atoms with E-state index in [1.54, 1.807) is 11.1 Å². The first-order chi connectivity index (χ1) is 18.1. The van der Waals surface area contributed by atoms with Crippen LogP contribution in [0.15, 0.2) is 24.4 Å². The third-order valence-corrected chi connectivity index (χ3v) is 7.53. The minimum Gasteiger partial charge on any atom is -0.449 e. The molecule has 1 aromatic carbocycles. The summed E-state index contributed by atoms with van der Waals surface area (Å²) in [4.78, 5) is 27.6. The largest absolute Gasteiger partial charge is 0.449 e. The second-order valence-corrected chi connectivity index (χ2v) is 9.90.